The number of nitrogens with zero attached hydrogens (tertiary/aromatic N) is 2. The molecule has 2 aliphatic rings. The van der Waals surface area contributed by atoms with Crippen LogP contribution in [0.2, 0.25) is 0 Å². The van der Waals surface area contributed by atoms with E-state index in [4.69, 9.17) is 11.5 Å². The van der Waals surface area contributed by atoms with Gasteiger partial charge >= 0.3 is 0 Å². The first kappa shape index (κ1) is 20.5. The maximum Gasteiger partial charge on any atom is 0.256 e. The van der Waals surface area contributed by atoms with E-state index < -0.39 is 17.2 Å². The van der Waals surface area contributed by atoms with Crippen molar-refractivity contribution in [3.8, 4) is 5.75 Å². The normalized spacial score (nSPS) is 21.3. The maximum atomic E-state index is 13.1. The van der Waals surface area contributed by atoms with E-state index >= 15 is 0 Å². The Balaban J connectivity index is 1.71. The monoisotopic (exact) mass is 429 g/mol. The SMILES string of the molecule is NC(=O)C1Sc2nc(N3CCC(O)CC3)cc(C(=O)Nc3ccc(O)cc3)c2C1N. The van der Waals surface area contributed by atoms with E-state index in [9.17, 15) is 19.8 Å². The number of benzene rings is 1. The second-order valence-corrected chi connectivity index (χ2v) is 8.56. The van der Waals surface area contributed by atoms with Gasteiger partial charge in [0.2, 0.25) is 5.91 Å². The molecule has 9 nitrogen and oxygen atoms in total. The van der Waals surface area contributed by atoms with Crippen molar-refractivity contribution >= 4 is 35.1 Å². The summed E-state index contributed by atoms with van der Waals surface area (Å²) in [6.45, 7) is 1.23. The molecule has 0 saturated carbocycles. The molecule has 1 fully saturated rings. The van der Waals surface area contributed by atoms with Gasteiger partial charge in [0, 0.05) is 24.3 Å². The molecule has 0 spiro atoms. The van der Waals surface area contributed by atoms with Crippen LogP contribution in [-0.2, 0) is 4.79 Å². The number of aliphatic hydroxyl groups excluding tert-OH is 1. The van der Waals surface area contributed by atoms with Crippen molar-refractivity contribution in [3.05, 3.63) is 41.5 Å². The van der Waals surface area contributed by atoms with Gasteiger partial charge in [0.15, 0.2) is 0 Å². The topological polar surface area (TPSA) is 155 Å². The van der Waals surface area contributed by atoms with Gasteiger partial charge in [-0.15, -0.1) is 0 Å². The number of phenolic OH excluding ortho intramolecular Hbond substituents is 1. The lowest BCUT2D eigenvalue weighted by molar-refractivity contribution is -0.117. The van der Waals surface area contributed by atoms with Crippen molar-refractivity contribution in [2.45, 2.75) is 35.3 Å². The van der Waals surface area contributed by atoms with Crippen LogP contribution < -0.4 is 21.7 Å². The standard InChI is InChI=1S/C20H23N5O4S/c21-16-15-13(19(29)23-10-1-3-11(26)4-2-10)9-14(25-7-5-12(27)6-8-25)24-20(15)30-17(16)18(22)28/h1-4,9,12,16-17,26-27H,5-8,21H2,(H2,22,28)(H,23,29). The zero-order valence-electron chi connectivity index (χ0n) is 16.1. The van der Waals surface area contributed by atoms with Crippen LogP contribution in [0.3, 0.4) is 0 Å². The first-order valence-electron chi connectivity index (χ1n) is 9.63. The zero-order valence-corrected chi connectivity index (χ0v) is 16.9. The van der Waals surface area contributed by atoms with E-state index in [0.29, 0.717) is 53.6 Å². The highest BCUT2D eigenvalue weighted by molar-refractivity contribution is 8.01. The first-order chi connectivity index (χ1) is 14.3. The molecule has 3 heterocycles. The average molecular weight is 430 g/mol. The summed E-state index contributed by atoms with van der Waals surface area (Å²) in [5.41, 5.74) is 13.1. The Bertz CT molecular complexity index is 976. The molecule has 0 aliphatic carbocycles. The number of thioether (sulfide) groups is 1. The molecule has 2 atom stereocenters. The minimum atomic E-state index is -0.743. The van der Waals surface area contributed by atoms with Crippen LogP contribution in [0.1, 0.15) is 34.8 Å². The van der Waals surface area contributed by atoms with Gasteiger partial charge in [0.1, 0.15) is 21.8 Å². The minimum absolute atomic E-state index is 0.0927. The number of fused-ring (bicyclic) bond motifs is 1. The third-order valence-electron chi connectivity index (χ3n) is 5.35. The van der Waals surface area contributed by atoms with Gasteiger partial charge < -0.3 is 31.9 Å². The lowest BCUT2D eigenvalue weighted by Crippen LogP contribution is -2.36. The van der Waals surface area contributed by atoms with E-state index in [2.05, 4.69) is 10.3 Å². The fraction of sp³-hybridized carbons (Fsp3) is 0.350. The van der Waals surface area contributed by atoms with Gasteiger partial charge in [0.25, 0.3) is 5.91 Å². The Kier molecular flexibility index (Phi) is 5.54. The number of primary amides is 1. The molecule has 0 radical (unpaired) electrons. The number of hydrogen-bond donors (Lipinski definition) is 5. The van der Waals surface area contributed by atoms with Crippen molar-refractivity contribution in [1.29, 1.82) is 0 Å². The number of pyridine rings is 1. The fourth-order valence-corrected chi connectivity index (χ4v) is 4.86. The molecule has 7 N–H and O–H groups in total. The third-order valence-corrected chi connectivity index (χ3v) is 6.66. The molecular weight excluding hydrogens is 406 g/mol. The number of aliphatic hydroxyl groups is 1. The summed E-state index contributed by atoms with van der Waals surface area (Å²) >= 11 is 1.17. The van der Waals surface area contributed by atoms with Gasteiger partial charge in [-0.1, -0.05) is 11.8 Å². The molecular formula is C20H23N5O4S. The largest absolute Gasteiger partial charge is 0.508 e. The number of aromatic hydroxyl groups is 1. The number of carbonyl (C=O) groups is 2. The number of amides is 2. The van der Waals surface area contributed by atoms with E-state index in [-0.39, 0.29) is 17.8 Å². The zero-order chi connectivity index (χ0) is 21.4. The van der Waals surface area contributed by atoms with Crippen molar-refractivity contribution in [3.63, 3.8) is 0 Å². The highest BCUT2D eigenvalue weighted by Gasteiger charge is 2.39. The second kappa shape index (κ2) is 8.13. The number of nitrogens with one attached hydrogen (secondary N) is 1. The second-order valence-electron chi connectivity index (χ2n) is 7.43. The summed E-state index contributed by atoms with van der Waals surface area (Å²) in [5, 5.41) is 21.8. The number of hydrogen-bond acceptors (Lipinski definition) is 8. The van der Waals surface area contributed by atoms with Crippen LogP contribution in [-0.4, -0.2) is 51.5 Å². The molecule has 1 saturated heterocycles. The summed E-state index contributed by atoms with van der Waals surface area (Å²) in [6.07, 6.45) is 0.893. The third kappa shape index (κ3) is 3.93. The molecule has 10 heteroatoms. The molecule has 1 aromatic heterocycles. The molecule has 4 rings (SSSR count). The number of carbonyl (C=O) groups excluding carboxylic acids is 2. The minimum Gasteiger partial charge on any atom is -0.508 e. The summed E-state index contributed by atoms with van der Waals surface area (Å²) in [4.78, 5) is 31.6. The Morgan fingerprint density at radius 2 is 1.87 bits per heavy atom. The Morgan fingerprint density at radius 3 is 2.50 bits per heavy atom. The molecule has 2 aliphatic heterocycles. The fourth-order valence-electron chi connectivity index (χ4n) is 3.70. The molecule has 30 heavy (non-hydrogen) atoms. The summed E-state index contributed by atoms with van der Waals surface area (Å²) in [7, 11) is 0. The maximum absolute atomic E-state index is 13.1. The van der Waals surface area contributed by atoms with Crippen molar-refractivity contribution < 1.29 is 19.8 Å². The molecule has 0 bridgehead atoms. The molecule has 158 valence electrons. The van der Waals surface area contributed by atoms with Gasteiger partial charge in [0.05, 0.1) is 17.7 Å². The van der Waals surface area contributed by atoms with E-state index in [0.717, 1.165) is 0 Å². The van der Waals surface area contributed by atoms with Crippen LogP contribution in [0.4, 0.5) is 11.5 Å². The molecule has 1 aromatic carbocycles. The van der Waals surface area contributed by atoms with Crippen LogP contribution >= 0.6 is 11.8 Å². The van der Waals surface area contributed by atoms with Crippen molar-refractivity contribution in [2.75, 3.05) is 23.3 Å². The quantitative estimate of drug-likeness (QED) is 0.450. The Labute approximate surface area is 177 Å². The number of nitrogens with two attached hydrogens (primary N) is 2. The van der Waals surface area contributed by atoms with Crippen LogP contribution in [0.25, 0.3) is 0 Å². The van der Waals surface area contributed by atoms with Crippen LogP contribution in [0.5, 0.6) is 5.75 Å². The lowest BCUT2D eigenvalue weighted by atomic mass is 9.99. The molecule has 2 unspecified atom stereocenters. The Morgan fingerprint density at radius 1 is 1.20 bits per heavy atom. The highest BCUT2D eigenvalue weighted by Crippen LogP contribution is 2.44. The van der Waals surface area contributed by atoms with Gasteiger partial charge in [-0.3, -0.25) is 9.59 Å². The van der Waals surface area contributed by atoms with E-state index in [1.54, 1.807) is 18.2 Å². The van der Waals surface area contributed by atoms with Gasteiger partial charge in [-0.05, 0) is 43.2 Å². The predicted octanol–water partition coefficient (Wildman–Crippen LogP) is 0.960. The Hall–Kier alpha value is -2.82. The van der Waals surface area contributed by atoms with E-state index in [1.165, 1.54) is 23.9 Å². The number of phenols is 1. The number of anilines is 2. The van der Waals surface area contributed by atoms with Gasteiger partial charge in [-0.25, -0.2) is 4.98 Å². The van der Waals surface area contributed by atoms with E-state index in [1.807, 2.05) is 4.90 Å². The molecule has 2 aromatic rings. The molecule has 2 amide bonds. The predicted molar refractivity (Wildman–Crippen MR) is 114 cm³/mol. The van der Waals surface area contributed by atoms with Crippen molar-refractivity contribution in [2.24, 2.45) is 11.5 Å². The first-order valence-corrected chi connectivity index (χ1v) is 10.5. The average Bonchev–Trinajstić information content (AvgIpc) is 3.06. The number of rotatable bonds is 4. The van der Waals surface area contributed by atoms with Gasteiger partial charge in [-0.2, -0.15) is 0 Å². The summed E-state index contributed by atoms with van der Waals surface area (Å²) in [6, 6.07) is 7.05. The highest BCUT2D eigenvalue weighted by atomic mass is 32.2. The smallest absolute Gasteiger partial charge is 0.256 e. The van der Waals surface area contributed by atoms with Crippen LogP contribution in [0.15, 0.2) is 35.4 Å². The van der Waals surface area contributed by atoms with Crippen molar-refractivity contribution in [1.82, 2.24) is 4.98 Å². The summed E-state index contributed by atoms with van der Waals surface area (Å²) < 4.78 is 0. The lowest BCUT2D eigenvalue weighted by Gasteiger charge is -2.31. The van der Waals surface area contributed by atoms with Crippen LogP contribution in [0, 0.1) is 0 Å². The summed E-state index contributed by atoms with van der Waals surface area (Å²) in [5.74, 6) is -0.256. The number of piperidine rings is 1. The number of aromatic nitrogens is 1.